The summed E-state index contributed by atoms with van der Waals surface area (Å²) in [6, 6.07) is 0.787. The maximum atomic E-state index is 11.7. The van der Waals surface area contributed by atoms with Gasteiger partial charge in [0.25, 0.3) is 5.56 Å². The molecule has 30 heavy (non-hydrogen) atoms. The number of amides is 3. The number of aromatic nitrogens is 2. The second-order valence-corrected chi connectivity index (χ2v) is 6.53. The topological polar surface area (TPSA) is 183 Å². The molecule has 0 fully saturated rings. The van der Waals surface area contributed by atoms with Gasteiger partial charge in [0.05, 0.1) is 19.1 Å². The van der Waals surface area contributed by atoms with Gasteiger partial charge in [0, 0.05) is 31.3 Å². The summed E-state index contributed by atoms with van der Waals surface area (Å²) in [5.41, 5.74) is 0.111. The van der Waals surface area contributed by atoms with Crippen molar-refractivity contribution in [1.82, 2.24) is 20.6 Å². The van der Waals surface area contributed by atoms with Crippen molar-refractivity contribution >= 4 is 23.9 Å². The number of hydrogen-bond acceptors (Lipinski definition) is 8. The number of rotatable bonds is 12. The van der Waals surface area contributed by atoms with Gasteiger partial charge in [-0.25, -0.2) is 14.6 Å². The van der Waals surface area contributed by atoms with Crippen molar-refractivity contribution in [2.75, 3.05) is 25.0 Å². The average Bonchev–Trinajstić information content (AvgIpc) is 2.63. The molecule has 1 heterocycles. The molecule has 0 aliphatic heterocycles. The van der Waals surface area contributed by atoms with Gasteiger partial charge in [0.2, 0.25) is 11.9 Å². The summed E-state index contributed by atoms with van der Waals surface area (Å²) < 4.78 is 4.62. The lowest BCUT2D eigenvalue weighted by Crippen LogP contribution is -2.33. The third-order valence-electron chi connectivity index (χ3n) is 3.79. The SMILES string of the molecule is CCOC(=O)C(O)CC(O)CC(=O)NCCCCNC(=O)Nc1nc(C)cc(=O)[nH]1. The molecule has 0 aromatic carbocycles. The van der Waals surface area contributed by atoms with Gasteiger partial charge in [-0.05, 0) is 26.7 Å². The standard InChI is InChI=1S/C18H29N5O7/c1-3-30-16(28)13(25)9-12(24)10-14(26)19-6-4-5-7-20-18(29)23-17-21-11(2)8-15(27)22-17/h8,12-13,24-25H,3-7,9-10H2,1-2H3,(H,19,26)(H3,20,21,22,23,27,29). The van der Waals surface area contributed by atoms with Crippen LogP contribution in [-0.2, 0) is 14.3 Å². The zero-order valence-corrected chi connectivity index (χ0v) is 17.1. The van der Waals surface area contributed by atoms with Crippen LogP contribution in [0, 0.1) is 6.92 Å². The molecule has 6 N–H and O–H groups in total. The summed E-state index contributed by atoms with van der Waals surface area (Å²) >= 11 is 0. The first kappa shape index (κ1) is 25.0. The minimum atomic E-state index is -1.47. The lowest BCUT2D eigenvalue weighted by molar-refractivity contribution is -0.155. The van der Waals surface area contributed by atoms with Crippen LogP contribution in [0.5, 0.6) is 0 Å². The Kier molecular flexibility index (Phi) is 11.1. The highest BCUT2D eigenvalue weighted by Gasteiger charge is 2.22. The first-order valence-corrected chi connectivity index (χ1v) is 9.63. The molecule has 2 unspecified atom stereocenters. The van der Waals surface area contributed by atoms with Crippen molar-refractivity contribution in [2.24, 2.45) is 0 Å². The lowest BCUT2D eigenvalue weighted by Gasteiger charge is -2.14. The highest BCUT2D eigenvalue weighted by Crippen LogP contribution is 2.04. The van der Waals surface area contributed by atoms with Crippen LogP contribution in [0.25, 0.3) is 0 Å². The number of unbranched alkanes of at least 4 members (excludes halogenated alkanes) is 1. The van der Waals surface area contributed by atoms with Crippen LogP contribution in [-0.4, -0.2) is 70.0 Å². The lowest BCUT2D eigenvalue weighted by atomic mass is 10.1. The van der Waals surface area contributed by atoms with E-state index in [9.17, 15) is 29.4 Å². The van der Waals surface area contributed by atoms with Crippen LogP contribution in [0.2, 0.25) is 0 Å². The van der Waals surface area contributed by atoms with Gasteiger partial charge < -0.3 is 25.6 Å². The second kappa shape index (κ2) is 13.3. The van der Waals surface area contributed by atoms with Gasteiger partial charge >= 0.3 is 12.0 Å². The van der Waals surface area contributed by atoms with Crippen molar-refractivity contribution in [3.8, 4) is 0 Å². The van der Waals surface area contributed by atoms with E-state index in [0.717, 1.165) is 0 Å². The molecule has 12 heteroatoms. The number of urea groups is 1. The third kappa shape index (κ3) is 10.5. The molecule has 1 rings (SSSR count). The number of nitrogens with one attached hydrogen (secondary N) is 4. The highest BCUT2D eigenvalue weighted by molar-refractivity contribution is 5.87. The zero-order valence-electron chi connectivity index (χ0n) is 17.1. The molecule has 3 amide bonds. The molecule has 0 aliphatic carbocycles. The van der Waals surface area contributed by atoms with Gasteiger partial charge in [0.1, 0.15) is 0 Å². The molecule has 0 radical (unpaired) electrons. The smallest absolute Gasteiger partial charge is 0.335 e. The van der Waals surface area contributed by atoms with Gasteiger partial charge in [-0.3, -0.25) is 19.9 Å². The van der Waals surface area contributed by atoms with Gasteiger partial charge in [-0.1, -0.05) is 0 Å². The number of aromatic amines is 1. The molecule has 0 bridgehead atoms. The van der Waals surface area contributed by atoms with E-state index in [0.29, 0.717) is 31.6 Å². The van der Waals surface area contributed by atoms with E-state index in [4.69, 9.17) is 0 Å². The van der Waals surface area contributed by atoms with E-state index in [1.807, 2.05) is 0 Å². The zero-order chi connectivity index (χ0) is 22.5. The molecule has 1 aromatic rings. The quantitative estimate of drug-likeness (QED) is 0.184. The fourth-order valence-electron chi connectivity index (χ4n) is 2.43. The Morgan fingerprint density at radius 1 is 1.20 bits per heavy atom. The van der Waals surface area contributed by atoms with Crippen LogP contribution in [0.3, 0.4) is 0 Å². The number of carbonyl (C=O) groups excluding carboxylic acids is 3. The maximum absolute atomic E-state index is 11.7. The molecular weight excluding hydrogens is 398 g/mol. The Labute approximate surface area is 173 Å². The number of carbonyl (C=O) groups is 3. The Balaban J connectivity index is 2.14. The van der Waals surface area contributed by atoms with E-state index < -0.39 is 30.1 Å². The third-order valence-corrected chi connectivity index (χ3v) is 3.79. The monoisotopic (exact) mass is 427 g/mol. The summed E-state index contributed by atoms with van der Waals surface area (Å²) in [6.45, 7) is 4.02. The molecule has 0 saturated heterocycles. The first-order valence-electron chi connectivity index (χ1n) is 9.63. The predicted octanol–water partition coefficient (Wildman–Crippen LogP) is -0.839. The number of H-pyrrole nitrogens is 1. The van der Waals surface area contributed by atoms with Crippen LogP contribution in [0.1, 0.15) is 38.3 Å². The Hall–Kier alpha value is -2.99. The summed E-state index contributed by atoms with van der Waals surface area (Å²) in [5, 5.41) is 26.9. The molecule has 168 valence electrons. The van der Waals surface area contributed by atoms with Crippen LogP contribution < -0.4 is 21.5 Å². The summed E-state index contributed by atoms with van der Waals surface area (Å²) in [5.74, 6) is -1.20. The van der Waals surface area contributed by atoms with Crippen molar-refractivity contribution in [3.63, 3.8) is 0 Å². The molecule has 12 nitrogen and oxygen atoms in total. The minimum Gasteiger partial charge on any atom is -0.464 e. The summed E-state index contributed by atoms with van der Waals surface area (Å²) in [7, 11) is 0. The molecular formula is C18H29N5O7. The van der Waals surface area contributed by atoms with E-state index in [1.165, 1.54) is 6.07 Å². The van der Waals surface area contributed by atoms with Gasteiger partial charge in [-0.15, -0.1) is 0 Å². The van der Waals surface area contributed by atoms with E-state index in [1.54, 1.807) is 13.8 Å². The van der Waals surface area contributed by atoms with Crippen LogP contribution in [0.4, 0.5) is 10.7 Å². The number of aliphatic hydroxyl groups excluding tert-OH is 2. The van der Waals surface area contributed by atoms with E-state index >= 15 is 0 Å². The summed E-state index contributed by atoms with van der Waals surface area (Å²) in [4.78, 5) is 52.4. The van der Waals surface area contributed by atoms with Crippen molar-refractivity contribution in [2.45, 2.75) is 51.7 Å². The van der Waals surface area contributed by atoms with E-state index in [-0.39, 0.29) is 31.0 Å². The number of nitrogens with zero attached hydrogens (tertiary/aromatic N) is 1. The van der Waals surface area contributed by atoms with Crippen LogP contribution >= 0.6 is 0 Å². The van der Waals surface area contributed by atoms with Crippen molar-refractivity contribution < 1.29 is 29.3 Å². The Bertz CT molecular complexity index is 768. The number of esters is 1. The maximum Gasteiger partial charge on any atom is 0.335 e. The fourth-order valence-corrected chi connectivity index (χ4v) is 2.43. The first-order chi connectivity index (χ1) is 14.2. The van der Waals surface area contributed by atoms with Gasteiger partial charge in [0.15, 0.2) is 6.10 Å². The number of ether oxygens (including phenoxy) is 1. The number of aliphatic hydroxyl groups is 2. The van der Waals surface area contributed by atoms with Crippen LogP contribution in [0.15, 0.2) is 10.9 Å². The molecule has 0 spiro atoms. The summed E-state index contributed by atoms with van der Waals surface area (Å²) in [6.07, 6.45) is -2.03. The highest BCUT2D eigenvalue weighted by atomic mass is 16.5. The Morgan fingerprint density at radius 3 is 2.50 bits per heavy atom. The second-order valence-electron chi connectivity index (χ2n) is 6.53. The van der Waals surface area contributed by atoms with Crippen molar-refractivity contribution in [3.05, 3.63) is 22.1 Å². The fraction of sp³-hybridized carbons (Fsp3) is 0.611. The molecule has 0 aliphatic rings. The average molecular weight is 427 g/mol. The molecule has 0 saturated carbocycles. The predicted molar refractivity (Wildman–Crippen MR) is 107 cm³/mol. The number of hydrogen-bond donors (Lipinski definition) is 6. The Morgan fingerprint density at radius 2 is 1.87 bits per heavy atom. The van der Waals surface area contributed by atoms with E-state index in [2.05, 4.69) is 30.7 Å². The molecule has 2 atom stereocenters. The number of aryl methyl sites for hydroxylation is 1. The number of anilines is 1. The minimum absolute atomic E-state index is 0.0522. The van der Waals surface area contributed by atoms with Crippen molar-refractivity contribution in [1.29, 1.82) is 0 Å². The largest absolute Gasteiger partial charge is 0.464 e. The normalized spacial score (nSPS) is 12.5. The van der Waals surface area contributed by atoms with Gasteiger partial charge in [-0.2, -0.15) is 0 Å². The molecule has 1 aromatic heterocycles.